The largest absolute Gasteiger partial charge is 0.491 e. The zero-order chi connectivity index (χ0) is 20.1. The Labute approximate surface area is 162 Å². The summed E-state index contributed by atoms with van der Waals surface area (Å²) in [6.07, 6.45) is 0.647. The molecule has 0 spiro atoms. The number of nitrogens with zero attached hydrogens (tertiary/aromatic N) is 1. The fourth-order valence-corrected chi connectivity index (χ4v) is 3.01. The average Bonchev–Trinajstić information content (AvgIpc) is 2.62. The zero-order valence-electron chi connectivity index (χ0n) is 15.7. The molecule has 3 rings (SSSR count). The van der Waals surface area contributed by atoms with Gasteiger partial charge in [0, 0.05) is 13.1 Å². The lowest BCUT2D eigenvalue weighted by atomic mass is 10.1. The molecule has 4 amide bonds. The SMILES string of the molecule is C[C@@H]1NC(=O)C[C@@H](C(=O)N2CCC2)NC(=O)c2ccccc2OCCNC1=O. The lowest BCUT2D eigenvalue weighted by Gasteiger charge is -2.34. The van der Waals surface area contributed by atoms with Crippen LogP contribution in [0.25, 0.3) is 0 Å². The number of carbonyl (C=O) groups excluding carboxylic acids is 4. The maximum Gasteiger partial charge on any atom is 0.255 e. The molecule has 0 unspecified atom stereocenters. The Morgan fingerprint density at radius 1 is 1.14 bits per heavy atom. The first-order chi connectivity index (χ1) is 13.5. The molecule has 2 aliphatic heterocycles. The highest BCUT2D eigenvalue weighted by atomic mass is 16.5. The maximum absolute atomic E-state index is 12.8. The Bertz CT molecular complexity index is 777. The van der Waals surface area contributed by atoms with Crippen molar-refractivity contribution in [2.75, 3.05) is 26.2 Å². The molecular formula is C19H24N4O5. The third-order valence-electron chi connectivity index (χ3n) is 4.72. The van der Waals surface area contributed by atoms with Gasteiger partial charge >= 0.3 is 0 Å². The number of hydrogen-bond acceptors (Lipinski definition) is 5. The van der Waals surface area contributed by atoms with Crippen LogP contribution in [0.4, 0.5) is 0 Å². The Morgan fingerprint density at radius 2 is 1.89 bits per heavy atom. The van der Waals surface area contributed by atoms with Crippen LogP contribution in [0, 0.1) is 0 Å². The van der Waals surface area contributed by atoms with Gasteiger partial charge in [-0.05, 0) is 25.5 Å². The summed E-state index contributed by atoms with van der Waals surface area (Å²) in [7, 11) is 0. The van der Waals surface area contributed by atoms with E-state index in [0.29, 0.717) is 18.8 Å². The highest BCUT2D eigenvalue weighted by Gasteiger charge is 2.32. The van der Waals surface area contributed by atoms with Crippen LogP contribution in [0.15, 0.2) is 24.3 Å². The molecule has 1 aromatic rings. The van der Waals surface area contributed by atoms with E-state index in [0.717, 1.165) is 6.42 Å². The smallest absolute Gasteiger partial charge is 0.255 e. The van der Waals surface area contributed by atoms with Gasteiger partial charge in [-0.25, -0.2) is 0 Å². The van der Waals surface area contributed by atoms with Crippen LogP contribution in [-0.4, -0.2) is 66.9 Å². The van der Waals surface area contributed by atoms with Crippen molar-refractivity contribution in [1.29, 1.82) is 0 Å². The van der Waals surface area contributed by atoms with E-state index in [9.17, 15) is 19.2 Å². The minimum atomic E-state index is -1.01. The first-order valence-electron chi connectivity index (χ1n) is 9.34. The molecule has 0 aromatic heterocycles. The van der Waals surface area contributed by atoms with Gasteiger partial charge in [0.1, 0.15) is 24.4 Å². The van der Waals surface area contributed by atoms with E-state index < -0.39 is 23.9 Å². The van der Waals surface area contributed by atoms with E-state index in [1.807, 2.05) is 0 Å². The van der Waals surface area contributed by atoms with E-state index in [1.165, 1.54) is 0 Å². The van der Waals surface area contributed by atoms with Gasteiger partial charge in [-0.1, -0.05) is 12.1 Å². The third kappa shape index (κ3) is 4.59. The van der Waals surface area contributed by atoms with Crippen LogP contribution in [0.1, 0.15) is 30.1 Å². The molecule has 9 heteroatoms. The van der Waals surface area contributed by atoms with Crippen molar-refractivity contribution in [1.82, 2.24) is 20.9 Å². The molecule has 0 bridgehead atoms. The molecule has 9 nitrogen and oxygen atoms in total. The summed E-state index contributed by atoms with van der Waals surface area (Å²) < 4.78 is 5.62. The summed E-state index contributed by atoms with van der Waals surface area (Å²) in [4.78, 5) is 51.5. The second-order valence-corrected chi connectivity index (χ2v) is 6.83. The van der Waals surface area contributed by atoms with E-state index >= 15 is 0 Å². The number of carbonyl (C=O) groups is 4. The Hall–Kier alpha value is -3.10. The van der Waals surface area contributed by atoms with Crippen LogP contribution in [0.5, 0.6) is 5.75 Å². The molecular weight excluding hydrogens is 364 g/mol. The van der Waals surface area contributed by atoms with Crippen LogP contribution in [-0.2, 0) is 14.4 Å². The second kappa shape index (κ2) is 8.73. The number of amides is 4. The number of rotatable bonds is 1. The van der Waals surface area contributed by atoms with Gasteiger partial charge in [-0.2, -0.15) is 0 Å². The van der Waals surface area contributed by atoms with Gasteiger partial charge < -0.3 is 25.6 Å². The molecule has 3 N–H and O–H groups in total. The fourth-order valence-electron chi connectivity index (χ4n) is 3.01. The lowest BCUT2D eigenvalue weighted by molar-refractivity contribution is -0.139. The highest BCUT2D eigenvalue weighted by molar-refractivity contribution is 6.01. The Morgan fingerprint density at radius 3 is 2.61 bits per heavy atom. The minimum absolute atomic E-state index is 0.160. The topological polar surface area (TPSA) is 117 Å². The van der Waals surface area contributed by atoms with Crippen molar-refractivity contribution in [3.05, 3.63) is 29.8 Å². The highest BCUT2D eigenvalue weighted by Crippen LogP contribution is 2.19. The predicted molar refractivity (Wildman–Crippen MR) is 99.6 cm³/mol. The summed E-state index contributed by atoms with van der Waals surface area (Å²) in [5, 5.41) is 7.89. The molecule has 2 atom stereocenters. The number of fused-ring (bicyclic) bond motifs is 1. The summed E-state index contributed by atoms with van der Waals surface area (Å²) >= 11 is 0. The second-order valence-electron chi connectivity index (χ2n) is 6.83. The molecule has 2 aliphatic rings. The molecule has 0 radical (unpaired) electrons. The number of nitrogens with one attached hydrogen (secondary N) is 3. The minimum Gasteiger partial charge on any atom is -0.491 e. The van der Waals surface area contributed by atoms with Gasteiger partial charge in [0.15, 0.2) is 0 Å². The summed E-state index contributed by atoms with van der Waals surface area (Å²) in [5.41, 5.74) is 0.265. The summed E-state index contributed by atoms with van der Waals surface area (Å²) in [6, 6.07) is 4.86. The van der Waals surface area contributed by atoms with Crippen molar-refractivity contribution < 1.29 is 23.9 Å². The molecule has 28 heavy (non-hydrogen) atoms. The van der Waals surface area contributed by atoms with Crippen molar-refractivity contribution in [3.63, 3.8) is 0 Å². The zero-order valence-corrected chi connectivity index (χ0v) is 15.7. The molecule has 0 saturated carbocycles. The monoisotopic (exact) mass is 388 g/mol. The number of ether oxygens (including phenoxy) is 1. The van der Waals surface area contributed by atoms with Crippen LogP contribution in [0.3, 0.4) is 0 Å². The number of benzene rings is 1. The molecule has 150 valence electrons. The van der Waals surface area contributed by atoms with Crippen LogP contribution >= 0.6 is 0 Å². The molecule has 1 saturated heterocycles. The first-order valence-corrected chi connectivity index (χ1v) is 9.34. The standard InChI is InChI=1S/C19H24N4O5/c1-12-17(25)20-7-10-28-15-6-3-2-5-13(15)18(26)22-14(11-16(24)21-12)19(27)23-8-4-9-23/h2-3,5-6,12,14H,4,7-11H2,1H3,(H,20,25)(H,21,24)(H,22,26)/t12-,14-/m0/s1. The lowest BCUT2D eigenvalue weighted by Crippen LogP contribution is -2.55. The van der Waals surface area contributed by atoms with Gasteiger partial charge in [-0.3, -0.25) is 19.2 Å². The van der Waals surface area contributed by atoms with E-state index in [2.05, 4.69) is 16.0 Å². The van der Waals surface area contributed by atoms with Crippen molar-refractivity contribution in [2.45, 2.75) is 31.8 Å². The number of hydrogen-bond donors (Lipinski definition) is 3. The summed E-state index contributed by atoms with van der Waals surface area (Å²) in [6.45, 7) is 3.15. The van der Waals surface area contributed by atoms with Crippen molar-refractivity contribution >= 4 is 23.6 Å². The normalized spacial score (nSPS) is 23.8. The number of para-hydroxylation sites is 1. The van der Waals surface area contributed by atoms with E-state index in [4.69, 9.17) is 4.74 Å². The molecule has 0 aliphatic carbocycles. The maximum atomic E-state index is 12.8. The van der Waals surface area contributed by atoms with Crippen molar-refractivity contribution in [3.8, 4) is 5.75 Å². The average molecular weight is 388 g/mol. The Balaban J connectivity index is 1.85. The molecule has 2 heterocycles. The van der Waals surface area contributed by atoms with E-state index in [1.54, 1.807) is 36.1 Å². The van der Waals surface area contributed by atoms with Crippen LogP contribution < -0.4 is 20.7 Å². The summed E-state index contributed by atoms with van der Waals surface area (Å²) in [5.74, 6) is -1.28. The Kier molecular flexibility index (Phi) is 6.13. The number of likely N-dealkylation sites (tertiary alicyclic amines) is 1. The predicted octanol–water partition coefficient (Wildman–Crippen LogP) is -0.579. The fraction of sp³-hybridized carbons (Fsp3) is 0.474. The van der Waals surface area contributed by atoms with Crippen molar-refractivity contribution in [2.24, 2.45) is 0 Å². The molecule has 1 fully saturated rings. The molecule has 1 aromatic carbocycles. The quantitative estimate of drug-likeness (QED) is 0.595. The van der Waals surface area contributed by atoms with Gasteiger partial charge in [0.2, 0.25) is 17.7 Å². The van der Waals surface area contributed by atoms with Crippen LogP contribution in [0.2, 0.25) is 0 Å². The first kappa shape index (κ1) is 19.7. The van der Waals surface area contributed by atoms with Gasteiger partial charge in [0.05, 0.1) is 18.5 Å². The van der Waals surface area contributed by atoms with Gasteiger partial charge in [-0.15, -0.1) is 0 Å². The van der Waals surface area contributed by atoms with Gasteiger partial charge in [0.25, 0.3) is 5.91 Å². The van der Waals surface area contributed by atoms with E-state index in [-0.39, 0.29) is 37.0 Å². The third-order valence-corrected chi connectivity index (χ3v) is 4.72.